The number of nitrogens with zero attached hydrogens (tertiary/aromatic N) is 4. The monoisotopic (exact) mass is 404 g/mol. The molecule has 4 nitrogen and oxygen atoms in total. The Morgan fingerprint density at radius 3 is 2.06 bits per heavy atom. The number of aromatic nitrogens is 4. The molecular formula is C26H17FN4. The van der Waals surface area contributed by atoms with Crippen LogP contribution in [0.2, 0.25) is 0 Å². The first-order valence-electron chi connectivity index (χ1n) is 10.1. The van der Waals surface area contributed by atoms with Gasteiger partial charge in [-0.1, -0.05) is 17.7 Å². The molecule has 0 amide bonds. The second kappa shape index (κ2) is 6.71. The highest BCUT2D eigenvalue weighted by Crippen LogP contribution is 2.37. The molecule has 0 spiro atoms. The van der Waals surface area contributed by atoms with Crippen LogP contribution in [-0.4, -0.2) is 19.5 Å². The zero-order valence-electron chi connectivity index (χ0n) is 16.7. The van der Waals surface area contributed by atoms with Gasteiger partial charge in [-0.3, -0.25) is 14.5 Å². The second-order valence-corrected chi connectivity index (χ2v) is 7.61. The molecule has 148 valence electrons. The van der Waals surface area contributed by atoms with Gasteiger partial charge in [0.05, 0.1) is 22.1 Å². The lowest BCUT2D eigenvalue weighted by Crippen LogP contribution is -1.98. The molecular weight excluding hydrogens is 387 g/mol. The number of hydrogen-bond donors (Lipinski definition) is 0. The van der Waals surface area contributed by atoms with E-state index in [1.807, 2.05) is 18.2 Å². The van der Waals surface area contributed by atoms with Crippen LogP contribution >= 0.6 is 0 Å². The van der Waals surface area contributed by atoms with Crippen LogP contribution < -0.4 is 0 Å². The molecule has 0 atom stereocenters. The normalized spacial score (nSPS) is 11.5. The fourth-order valence-electron chi connectivity index (χ4n) is 4.16. The van der Waals surface area contributed by atoms with Crippen LogP contribution in [-0.2, 0) is 0 Å². The van der Waals surface area contributed by atoms with Crippen LogP contribution in [0.5, 0.6) is 0 Å². The third-order valence-corrected chi connectivity index (χ3v) is 5.62. The van der Waals surface area contributed by atoms with Gasteiger partial charge in [0.25, 0.3) is 0 Å². The Hall–Kier alpha value is -4.12. The van der Waals surface area contributed by atoms with Gasteiger partial charge in [0.15, 0.2) is 0 Å². The maximum Gasteiger partial charge on any atom is 0.145 e. The summed E-state index contributed by atoms with van der Waals surface area (Å²) in [6, 6.07) is 22.7. The summed E-state index contributed by atoms with van der Waals surface area (Å²) in [7, 11) is 0. The number of fused-ring (bicyclic) bond motifs is 6. The number of imidazole rings is 1. The van der Waals surface area contributed by atoms with Crippen molar-refractivity contribution >= 4 is 32.8 Å². The largest absolute Gasteiger partial charge is 0.292 e. The van der Waals surface area contributed by atoms with Gasteiger partial charge in [-0.05, 0) is 67.6 Å². The fraction of sp³-hybridized carbons (Fsp3) is 0.0385. The van der Waals surface area contributed by atoms with Crippen molar-refractivity contribution in [2.24, 2.45) is 0 Å². The Morgan fingerprint density at radius 2 is 1.35 bits per heavy atom. The summed E-state index contributed by atoms with van der Waals surface area (Å²) < 4.78 is 15.8. The lowest BCUT2D eigenvalue weighted by atomic mass is 10.1. The van der Waals surface area contributed by atoms with E-state index in [0.717, 1.165) is 49.9 Å². The van der Waals surface area contributed by atoms with Crippen molar-refractivity contribution in [2.45, 2.75) is 6.92 Å². The zero-order chi connectivity index (χ0) is 20.9. The van der Waals surface area contributed by atoms with E-state index in [2.05, 4.69) is 51.8 Å². The molecule has 0 aliphatic carbocycles. The molecule has 0 bridgehead atoms. The lowest BCUT2D eigenvalue weighted by Gasteiger charge is -2.12. The number of hydrogen-bond acceptors (Lipinski definition) is 3. The van der Waals surface area contributed by atoms with Crippen LogP contribution in [0, 0.1) is 12.7 Å². The standard InChI is InChI=1S/C26H17FN4/c1-16-6-12-19(13-7-16)31-25-21-5-3-15-29-23(21)22-20(4-2-14-28-22)24(25)30-26(31)17-8-10-18(27)11-9-17/h2-15H,1H3. The zero-order valence-corrected chi connectivity index (χ0v) is 16.7. The van der Waals surface area contributed by atoms with Crippen molar-refractivity contribution in [2.75, 3.05) is 0 Å². The minimum absolute atomic E-state index is 0.272. The van der Waals surface area contributed by atoms with E-state index < -0.39 is 0 Å². The Labute approximate surface area is 177 Å². The molecule has 0 radical (unpaired) electrons. The van der Waals surface area contributed by atoms with E-state index >= 15 is 0 Å². The fourth-order valence-corrected chi connectivity index (χ4v) is 4.16. The minimum Gasteiger partial charge on any atom is -0.292 e. The van der Waals surface area contributed by atoms with Crippen molar-refractivity contribution in [3.05, 3.63) is 96.6 Å². The molecule has 0 unspecified atom stereocenters. The summed E-state index contributed by atoms with van der Waals surface area (Å²) in [6.07, 6.45) is 3.57. The van der Waals surface area contributed by atoms with Crippen LogP contribution in [0.25, 0.3) is 49.9 Å². The molecule has 3 heterocycles. The average molecular weight is 404 g/mol. The number of rotatable bonds is 2. The molecule has 31 heavy (non-hydrogen) atoms. The van der Waals surface area contributed by atoms with Crippen molar-refractivity contribution in [1.82, 2.24) is 19.5 Å². The van der Waals surface area contributed by atoms with E-state index in [4.69, 9.17) is 4.98 Å². The molecule has 0 saturated carbocycles. The summed E-state index contributed by atoms with van der Waals surface area (Å²) in [5, 5.41) is 1.92. The van der Waals surface area contributed by atoms with Gasteiger partial charge in [-0.15, -0.1) is 0 Å². The topological polar surface area (TPSA) is 43.6 Å². The minimum atomic E-state index is -0.272. The van der Waals surface area contributed by atoms with E-state index in [9.17, 15) is 4.39 Å². The molecule has 0 aliphatic rings. The van der Waals surface area contributed by atoms with Crippen molar-refractivity contribution < 1.29 is 4.39 Å². The summed E-state index contributed by atoms with van der Waals surface area (Å²) in [6.45, 7) is 2.06. The van der Waals surface area contributed by atoms with E-state index in [1.54, 1.807) is 24.5 Å². The second-order valence-electron chi connectivity index (χ2n) is 7.61. The van der Waals surface area contributed by atoms with Crippen LogP contribution in [0.1, 0.15) is 5.56 Å². The maximum atomic E-state index is 13.6. The van der Waals surface area contributed by atoms with Crippen LogP contribution in [0.3, 0.4) is 0 Å². The van der Waals surface area contributed by atoms with Gasteiger partial charge in [0, 0.05) is 34.4 Å². The molecule has 0 fully saturated rings. The summed E-state index contributed by atoms with van der Waals surface area (Å²) in [5.74, 6) is 0.478. The van der Waals surface area contributed by atoms with Gasteiger partial charge >= 0.3 is 0 Å². The van der Waals surface area contributed by atoms with Gasteiger partial charge in [0.1, 0.15) is 11.6 Å². The number of aryl methyl sites for hydroxylation is 1. The predicted molar refractivity (Wildman–Crippen MR) is 122 cm³/mol. The van der Waals surface area contributed by atoms with Crippen molar-refractivity contribution in [3.8, 4) is 17.1 Å². The van der Waals surface area contributed by atoms with Gasteiger partial charge in [-0.2, -0.15) is 0 Å². The molecule has 0 N–H and O–H groups in total. The Bertz CT molecular complexity index is 1580. The number of benzene rings is 3. The average Bonchev–Trinajstić information content (AvgIpc) is 3.21. The first-order valence-corrected chi connectivity index (χ1v) is 10.1. The Morgan fingerprint density at radius 1 is 0.710 bits per heavy atom. The summed E-state index contributed by atoms with van der Waals surface area (Å²) in [5.41, 5.74) is 6.48. The Balaban J connectivity index is 1.85. The molecule has 5 heteroatoms. The van der Waals surface area contributed by atoms with Gasteiger partial charge < -0.3 is 0 Å². The van der Waals surface area contributed by atoms with Gasteiger partial charge in [-0.25, -0.2) is 9.37 Å². The van der Waals surface area contributed by atoms with Crippen molar-refractivity contribution in [3.63, 3.8) is 0 Å². The Kier molecular flexibility index (Phi) is 3.83. The molecule has 0 saturated heterocycles. The molecule has 3 aromatic heterocycles. The molecule has 6 aromatic rings. The van der Waals surface area contributed by atoms with Crippen LogP contribution in [0.4, 0.5) is 4.39 Å². The van der Waals surface area contributed by atoms with E-state index in [0.29, 0.717) is 0 Å². The smallest absolute Gasteiger partial charge is 0.145 e. The van der Waals surface area contributed by atoms with Crippen LogP contribution in [0.15, 0.2) is 85.2 Å². The highest BCUT2D eigenvalue weighted by molar-refractivity contribution is 6.21. The highest BCUT2D eigenvalue weighted by Gasteiger charge is 2.20. The first-order chi connectivity index (χ1) is 15.2. The maximum absolute atomic E-state index is 13.6. The molecule has 0 aliphatic heterocycles. The van der Waals surface area contributed by atoms with Crippen molar-refractivity contribution in [1.29, 1.82) is 0 Å². The van der Waals surface area contributed by atoms with E-state index in [1.165, 1.54) is 17.7 Å². The molecule has 3 aromatic carbocycles. The third-order valence-electron chi connectivity index (χ3n) is 5.62. The predicted octanol–water partition coefficient (Wildman–Crippen LogP) is 6.24. The quantitative estimate of drug-likeness (QED) is 0.321. The highest BCUT2D eigenvalue weighted by atomic mass is 19.1. The first kappa shape index (κ1) is 17.7. The summed E-state index contributed by atoms with van der Waals surface area (Å²) in [4.78, 5) is 14.3. The van der Waals surface area contributed by atoms with Gasteiger partial charge in [0.2, 0.25) is 0 Å². The third kappa shape index (κ3) is 2.70. The number of halogens is 1. The SMILES string of the molecule is Cc1ccc(-n2c(-c3ccc(F)cc3)nc3c4cccnc4c4ncccc4c32)cc1. The molecule has 6 rings (SSSR count). The summed E-state index contributed by atoms with van der Waals surface area (Å²) >= 11 is 0. The number of pyridine rings is 2. The lowest BCUT2D eigenvalue weighted by molar-refractivity contribution is 0.628. The van der Waals surface area contributed by atoms with E-state index in [-0.39, 0.29) is 5.82 Å².